The van der Waals surface area contributed by atoms with Crippen molar-refractivity contribution in [1.29, 1.82) is 0 Å². The van der Waals surface area contributed by atoms with Gasteiger partial charge in [0, 0.05) is 49.3 Å². The van der Waals surface area contributed by atoms with Gasteiger partial charge in [-0.15, -0.1) is 0 Å². The number of hydrogen-bond donors (Lipinski definition) is 5. The van der Waals surface area contributed by atoms with E-state index in [0.717, 1.165) is 9.80 Å². The molecule has 0 aromatic rings. The second kappa shape index (κ2) is 35.0. The van der Waals surface area contributed by atoms with E-state index in [9.17, 15) is 48.3 Å². The molecule has 12 atom stereocenters. The Labute approximate surface area is 515 Å². The number of aliphatic hydroxyl groups is 1. The molecule has 0 radical (unpaired) electrons. The van der Waals surface area contributed by atoms with E-state index in [2.05, 4.69) is 21.3 Å². The SMILES string of the molecule is C/C=C/C[C@@H](C)[C@H](O)[C@@H]1C(=O)N[C@H](C(C)C)C(=O)N(C)CC(=O)N(C)[C@H](CC(C)C)C(=O)N[C@H](C(C)C)C(=O)N(C)[C@H](CC(C)C)C(=O)N[C@H](C)C(=O)N[C@H](C)C(=O)N(C)[C@H](CC(C)C)C(=O)N(C)[C@H](CC(C)C)C(=O)N(C)[C@H](C(C)C)C(=O)N1C. The average Bonchev–Trinajstić information content (AvgIpc) is 2.16. The number of carbonyl (C=O) groups is 11. The highest BCUT2D eigenvalue weighted by molar-refractivity contribution is 5.99. The molecule has 0 spiro atoms. The molecule has 1 saturated heterocycles. The van der Waals surface area contributed by atoms with Crippen LogP contribution in [-0.4, -0.2) is 227 Å². The highest BCUT2D eigenvalue weighted by Gasteiger charge is 2.46. The molecule has 0 unspecified atom stereocenters. The molecule has 0 saturated carbocycles. The first-order chi connectivity index (χ1) is 39.6. The number of aliphatic hydroxyl groups excluding tert-OH is 1. The Morgan fingerprint density at radius 2 is 0.791 bits per heavy atom. The third kappa shape index (κ3) is 21.6. The van der Waals surface area contributed by atoms with E-state index < -0.39 is 162 Å². The molecule has 5 N–H and O–H groups in total. The minimum atomic E-state index is -1.62. The summed E-state index contributed by atoms with van der Waals surface area (Å²) >= 11 is 0. The van der Waals surface area contributed by atoms with Gasteiger partial charge < -0.3 is 60.7 Å². The van der Waals surface area contributed by atoms with Crippen LogP contribution >= 0.6 is 0 Å². The van der Waals surface area contributed by atoms with Gasteiger partial charge in [-0.1, -0.05) is 116 Å². The summed E-state index contributed by atoms with van der Waals surface area (Å²) in [6.07, 6.45) is 3.00. The fraction of sp³-hybridized carbons (Fsp3) is 0.794. The van der Waals surface area contributed by atoms with Crippen molar-refractivity contribution in [2.24, 2.45) is 47.3 Å². The molecule has 23 nitrogen and oxygen atoms in total. The molecular formula is C63H113N11O12. The van der Waals surface area contributed by atoms with E-state index in [0.29, 0.717) is 6.42 Å². The van der Waals surface area contributed by atoms with E-state index in [1.54, 1.807) is 61.5 Å². The molecule has 0 aromatic carbocycles. The highest BCUT2D eigenvalue weighted by Crippen LogP contribution is 2.26. The number of likely N-dealkylation sites (N-methyl/N-ethyl adjacent to an activating group) is 7. The van der Waals surface area contributed by atoms with Crippen LogP contribution in [0.4, 0.5) is 0 Å². The molecule has 492 valence electrons. The van der Waals surface area contributed by atoms with Crippen LogP contribution in [0.25, 0.3) is 0 Å². The molecule has 1 rings (SSSR count). The summed E-state index contributed by atoms with van der Waals surface area (Å²) in [5, 5.41) is 23.2. The van der Waals surface area contributed by atoms with Gasteiger partial charge in [0.1, 0.15) is 60.4 Å². The highest BCUT2D eigenvalue weighted by atomic mass is 16.3. The number of rotatable bonds is 15. The Morgan fingerprint density at radius 3 is 1.23 bits per heavy atom. The normalized spacial score (nSPS) is 26.8. The first-order valence-corrected chi connectivity index (χ1v) is 30.9. The summed E-state index contributed by atoms with van der Waals surface area (Å²) in [6.45, 7) is 31.1. The van der Waals surface area contributed by atoms with Gasteiger partial charge in [-0.05, 0) is 100 Å². The van der Waals surface area contributed by atoms with Crippen molar-refractivity contribution in [3.8, 4) is 0 Å². The van der Waals surface area contributed by atoms with Crippen molar-refractivity contribution in [3.05, 3.63) is 12.2 Å². The van der Waals surface area contributed by atoms with Crippen molar-refractivity contribution < 1.29 is 57.8 Å². The second-order valence-corrected chi connectivity index (χ2v) is 26.9. The van der Waals surface area contributed by atoms with E-state index in [1.165, 1.54) is 87.7 Å². The lowest BCUT2D eigenvalue weighted by Gasteiger charge is -2.41. The summed E-state index contributed by atoms with van der Waals surface area (Å²) in [6, 6.07) is -12.4. The topological polar surface area (TPSA) is 279 Å². The molecule has 1 heterocycles. The fourth-order valence-corrected chi connectivity index (χ4v) is 10.8. The molecule has 0 bridgehead atoms. The molecule has 0 aromatic heterocycles. The summed E-state index contributed by atoms with van der Waals surface area (Å²) in [5.41, 5.74) is 0. The van der Waals surface area contributed by atoms with E-state index >= 15 is 9.59 Å². The number of allylic oxidation sites excluding steroid dienone is 2. The number of carbonyl (C=O) groups excluding carboxylic acids is 11. The van der Waals surface area contributed by atoms with Gasteiger partial charge >= 0.3 is 0 Å². The standard InChI is InChI=1S/C63H113N11O12/c1-26-27-28-41(16)53(76)52-57(80)67-49(38(10)11)61(84)68(19)33-48(75)69(20)44(29-34(2)3)56(79)66-50(39(12)13)62(85)70(21)45(30-35(4)5)55(78)64-42(17)54(77)65-43(18)58(81)71(22)46(31-36(6)7)59(82)72(23)47(32-37(8)9)60(83)73(24)51(40(14)15)63(86)74(52)25/h26-27,34-47,49-53,76H,28-33H2,1-25H3,(H,64,78)(H,65,77)(H,66,79)(H,67,80)/b27-26+/t41-,42-,43-,44-,45-,46-,47-,49-,50-,51-,52-,53+/m1/s1. The van der Waals surface area contributed by atoms with Crippen molar-refractivity contribution >= 4 is 65.0 Å². The maximum absolute atomic E-state index is 15.2. The molecule has 1 fully saturated rings. The minimum Gasteiger partial charge on any atom is -0.390 e. The summed E-state index contributed by atoms with van der Waals surface area (Å²) in [5.74, 6) is -10.3. The maximum atomic E-state index is 15.2. The van der Waals surface area contributed by atoms with Gasteiger partial charge in [-0.2, -0.15) is 0 Å². The molecular weight excluding hydrogens is 1100 g/mol. The molecule has 1 aliphatic rings. The van der Waals surface area contributed by atoms with Crippen LogP contribution < -0.4 is 21.3 Å². The first kappa shape index (κ1) is 77.9. The second-order valence-electron chi connectivity index (χ2n) is 26.9. The predicted molar refractivity (Wildman–Crippen MR) is 333 cm³/mol. The molecule has 23 heteroatoms. The van der Waals surface area contributed by atoms with Crippen LogP contribution in [0.2, 0.25) is 0 Å². The Bertz CT molecular complexity index is 2360. The molecule has 86 heavy (non-hydrogen) atoms. The Balaban J connectivity index is 4.37. The maximum Gasteiger partial charge on any atom is 0.246 e. The quantitative estimate of drug-likeness (QED) is 0.147. The summed E-state index contributed by atoms with van der Waals surface area (Å²) < 4.78 is 0. The van der Waals surface area contributed by atoms with Crippen LogP contribution in [0.3, 0.4) is 0 Å². The zero-order valence-electron chi connectivity index (χ0n) is 56.9. The Kier molecular flexibility index (Phi) is 31.7. The molecule has 11 amide bonds. The smallest absolute Gasteiger partial charge is 0.246 e. The van der Waals surface area contributed by atoms with Crippen LogP contribution in [0, 0.1) is 47.3 Å². The van der Waals surface area contributed by atoms with Crippen LogP contribution in [0.5, 0.6) is 0 Å². The van der Waals surface area contributed by atoms with E-state index in [4.69, 9.17) is 0 Å². The predicted octanol–water partition coefficient (Wildman–Crippen LogP) is 3.52. The van der Waals surface area contributed by atoms with E-state index in [1.807, 2.05) is 61.5 Å². The Hall–Kier alpha value is -6.13. The van der Waals surface area contributed by atoms with Gasteiger partial charge in [-0.3, -0.25) is 52.7 Å². The lowest BCUT2D eigenvalue weighted by Crippen LogP contribution is -2.64. The number of nitrogens with one attached hydrogen (secondary N) is 4. The Morgan fingerprint density at radius 1 is 0.419 bits per heavy atom. The van der Waals surface area contributed by atoms with Crippen molar-refractivity contribution in [2.45, 2.75) is 223 Å². The molecule has 0 aliphatic carbocycles. The van der Waals surface area contributed by atoms with Crippen molar-refractivity contribution in [1.82, 2.24) is 55.6 Å². The van der Waals surface area contributed by atoms with Crippen LogP contribution in [-0.2, 0) is 52.7 Å². The minimum absolute atomic E-state index is 0.131. The van der Waals surface area contributed by atoms with E-state index in [-0.39, 0.29) is 49.4 Å². The van der Waals surface area contributed by atoms with Crippen LogP contribution in [0.15, 0.2) is 12.2 Å². The summed E-state index contributed by atoms with van der Waals surface area (Å²) in [7, 11) is 9.93. The zero-order valence-corrected chi connectivity index (χ0v) is 56.9. The molecule has 1 aliphatic heterocycles. The fourth-order valence-electron chi connectivity index (χ4n) is 10.8. The van der Waals surface area contributed by atoms with Gasteiger partial charge in [-0.25, -0.2) is 0 Å². The van der Waals surface area contributed by atoms with Crippen molar-refractivity contribution in [3.63, 3.8) is 0 Å². The summed E-state index contributed by atoms with van der Waals surface area (Å²) in [4.78, 5) is 169. The first-order valence-electron chi connectivity index (χ1n) is 30.9. The van der Waals surface area contributed by atoms with Gasteiger partial charge in [0.05, 0.1) is 12.6 Å². The average molecular weight is 1220 g/mol. The van der Waals surface area contributed by atoms with Gasteiger partial charge in [0.25, 0.3) is 0 Å². The number of nitrogens with zero attached hydrogens (tertiary/aromatic N) is 7. The lowest BCUT2D eigenvalue weighted by atomic mass is 9.91. The zero-order chi connectivity index (χ0) is 66.8. The third-order valence-corrected chi connectivity index (χ3v) is 16.3. The number of amides is 11. The monoisotopic (exact) mass is 1220 g/mol. The largest absolute Gasteiger partial charge is 0.390 e. The number of hydrogen-bond acceptors (Lipinski definition) is 12. The van der Waals surface area contributed by atoms with Crippen LogP contribution in [0.1, 0.15) is 157 Å². The van der Waals surface area contributed by atoms with Gasteiger partial charge in [0.2, 0.25) is 65.0 Å². The van der Waals surface area contributed by atoms with Gasteiger partial charge in [0.15, 0.2) is 0 Å². The lowest BCUT2D eigenvalue weighted by molar-refractivity contribution is -0.157. The third-order valence-electron chi connectivity index (χ3n) is 16.3. The van der Waals surface area contributed by atoms with Crippen molar-refractivity contribution in [2.75, 3.05) is 55.9 Å².